The first-order valence-corrected chi connectivity index (χ1v) is 6.69. The van der Waals surface area contributed by atoms with E-state index in [1.165, 1.54) is 0 Å². The summed E-state index contributed by atoms with van der Waals surface area (Å²) < 4.78 is 10.5. The Morgan fingerprint density at radius 3 is 2.62 bits per heavy atom. The van der Waals surface area contributed by atoms with Crippen LogP contribution in [0, 0.1) is 6.92 Å². The van der Waals surface area contributed by atoms with E-state index in [1.807, 2.05) is 30.3 Å². The average molecular weight is 287 g/mol. The second kappa shape index (κ2) is 6.74. The molecule has 0 bridgehead atoms. The van der Waals surface area contributed by atoms with Crippen LogP contribution in [0.3, 0.4) is 0 Å². The van der Waals surface area contributed by atoms with E-state index >= 15 is 0 Å². The Balaban J connectivity index is 2.29. The minimum atomic E-state index is -0.679. The van der Waals surface area contributed by atoms with Crippen molar-refractivity contribution in [2.45, 2.75) is 20.5 Å². The SMILES string of the molecule is CCOC(=O)c1c(OCc2ccccc2)cc(C)[nH]c1=O. The second-order valence-corrected chi connectivity index (χ2v) is 4.52. The summed E-state index contributed by atoms with van der Waals surface area (Å²) in [5, 5.41) is 0. The van der Waals surface area contributed by atoms with Crippen LogP contribution in [0.2, 0.25) is 0 Å². The highest BCUT2D eigenvalue weighted by Crippen LogP contribution is 2.18. The van der Waals surface area contributed by atoms with Gasteiger partial charge in [0.15, 0.2) is 5.56 Å². The fourth-order valence-corrected chi connectivity index (χ4v) is 1.90. The van der Waals surface area contributed by atoms with Crippen LogP contribution < -0.4 is 10.3 Å². The highest BCUT2D eigenvalue weighted by atomic mass is 16.5. The van der Waals surface area contributed by atoms with Crippen LogP contribution in [0.15, 0.2) is 41.2 Å². The van der Waals surface area contributed by atoms with E-state index in [1.54, 1.807) is 19.9 Å². The zero-order valence-electron chi connectivity index (χ0n) is 12.0. The van der Waals surface area contributed by atoms with Gasteiger partial charge in [-0.3, -0.25) is 4.79 Å². The van der Waals surface area contributed by atoms with Gasteiger partial charge in [0, 0.05) is 11.8 Å². The van der Waals surface area contributed by atoms with Gasteiger partial charge in [-0.2, -0.15) is 0 Å². The fourth-order valence-electron chi connectivity index (χ4n) is 1.90. The third-order valence-electron chi connectivity index (χ3n) is 2.85. The lowest BCUT2D eigenvalue weighted by atomic mass is 10.2. The summed E-state index contributed by atoms with van der Waals surface area (Å²) in [5.74, 6) is -0.444. The van der Waals surface area contributed by atoms with Gasteiger partial charge in [-0.15, -0.1) is 0 Å². The molecule has 0 unspecified atom stereocenters. The number of ether oxygens (including phenoxy) is 2. The van der Waals surface area contributed by atoms with E-state index in [0.717, 1.165) is 5.56 Å². The number of benzene rings is 1. The van der Waals surface area contributed by atoms with Gasteiger partial charge in [0.25, 0.3) is 5.56 Å². The number of carbonyl (C=O) groups excluding carboxylic acids is 1. The summed E-state index contributed by atoms with van der Waals surface area (Å²) in [6, 6.07) is 11.1. The number of pyridine rings is 1. The number of H-pyrrole nitrogens is 1. The first kappa shape index (κ1) is 14.8. The van der Waals surface area contributed by atoms with Crippen molar-refractivity contribution in [1.82, 2.24) is 4.98 Å². The molecule has 2 rings (SSSR count). The molecule has 2 aromatic rings. The number of rotatable bonds is 5. The van der Waals surface area contributed by atoms with Crippen LogP contribution in [-0.2, 0) is 11.3 Å². The maximum atomic E-state index is 12.0. The third-order valence-corrected chi connectivity index (χ3v) is 2.85. The molecule has 0 atom stereocenters. The maximum absolute atomic E-state index is 12.0. The summed E-state index contributed by atoms with van der Waals surface area (Å²) in [4.78, 5) is 26.4. The topological polar surface area (TPSA) is 68.4 Å². The molecule has 0 amide bonds. The summed E-state index contributed by atoms with van der Waals surface area (Å²) >= 11 is 0. The van der Waals surface area contributed by atoms with Crippen molar-refractivity contribution >= 4 is 5.97 Å². The van der Waals surface area contributed by atoms with Gasteiger partial charge in [0.1, 0.15) is 12.4 Å². The normalized spacial score (nSPS) is 10.2. The lowest BCUT2D eigenvalue weighted by molar-refractivity contribution is 0.0519. The largest absolute Gasteiger partial charge is 0.488 e. The Morgan fingerprint density at radius 1 is 1.24 bits per heavy atom. The molecule has 0 aliphatic rings. The third kappa shape index (κ3) is 3.72. The number of aryl methyl sites for hydroxylation is 1. The van der Waals surface area contributed by atoms with E-state index in [9.17, 15) is 9.59 Å². The number of nitrogens with one attached hydrogen (secondary N) is 1. The number of aromatic nitrogens is 1. The molecule has 5 nitrogen and oxygen atoms in total. The van der Waals surface area contributed by atoms with Gasteiger partial charge in [-0.05, 0) is 19.4 Å². The van der Waals surface area contributed by atoms with Crippen molar-refractivity contribution in [3.05, 3.63) is 63.6 Å². The minimum Gasteiger partial charge on any atom is -0.488 e. The molecular formula is C16H17NO4. The van der Waals surface area contributed by atoms with Crippen molar-refractivity contribution in [1.29, 1.82) is 0 Å². The van der Waals surface area contributed by atoms with E-state index in [-0.39, 0.29) is 24.5 Å². The molecule has 0 aliphatic carbocycles. The Kier molecular flexibility index (Phi) is 4.77. The summed E-state index contributed by atoms with van der Waals surface area (Å²) in [6.07, 6.45) is 0. The van der Waals surface area contributed by atoms with Gasteiger partial charge in [0.05, 0.1) is 6.61 Å². The van der Waals surface area contributed by atoms with Crippen molar-refractivity contribution < 1.29 is 14.3 Å². The van der Waals surface area contributed by atoms with Crippen LogP contribution in [0.5, 0.6) is 5.75 Å². The molecule has 110 valence electrons. The Bertz CT molecular complexity index is 676. The Labute approximate surface area is 122 Å². The quantitative estimate of drug-likeness (QED) is 0.858. The van der Waals surface area contributed by atoms with Crippen molar-refractivity contribution in [2.75, 3.05) is 6.61 Å². The summed E-state index contributed by atoms with van der Waals surface area (Å²) in [7, 11) is 0. The molecule has 0 saturated carbocycles. The molecule has 1 N–H and O–H groups in total. The number of esters is 1. The van der Waals surface area contributed by atoms with Crippen molar-refractivity contribution in [3.8, 4) is 5.75 Å². The maximum Gasteiger partial charge on any atom is 0.347 e. The lowest BCUT2D eigenvalue weighted by Gasteiger charge is -2.11. The van der Waals surface area contributed by atoms with Crippen LogP contribution in [0.1, 0.15) is 28.5 Å². The zero-order valence-corrected chi connectivity index (χ0v) is 12.0. The highest BCUT2D eigenvalue weighted by molar-refractivity contribution is 5.92. The molecule has 5 heteroatoms. The first-order valence-electron chi connectivity index (χ1n) is 6.69. The van der Waals surface area contributed by atoms with Gasteiger partial charge >= 0.3 is 5.97 Å². The first-order chi connectivity index (χ1) is 10.1. The predicted octanol–water partition coefficient (Wildman–Crippen LogP) is 2.44. The van der Waals surface area contributed by atoms with Gasteiger partial charge in [-0.25, -0.2) is 4.79 Å². The van der Waals surface area contributed by atoms with E-state index in [4.69, 9.17) is 9.47 Å². The fraction of sp³-hybridized carbons (Fsp3) is 0.250. The lowest BCUT2D eigenvalue weighted by Crippen LogP contribution is -2.22. The second-order valence-electron chi connectivity index (χ2n) is 4.52. The number of carbonyl (C=O) groups is 1. The Morgan fingerprint density at radius 2 is 1.95 bits per heavy atom. The Hall–Kier alpha value is -2.56. The predicted molar refractivity (Wildman–Crippen MR) is 78.5 cm³/mol. The molecular weight excluding hydrogens is 270 g/mol. The zero-order chi connectivity index (χ0) is 15.2. The highest BCUT2D eigenvalue weighted by Gasteiger charge is 2.19. The molecule has 0 saturated heterocycles. The molecule has 1 aromatic carbocycles. The van der Waals surface area contributed by atoms with Crippen molar-refractivity contribution in [3.63, 3.8) is 0 Å². The standard InChI is InChI=1S/C16H17NO4/c1-3-20-16(19)14-13(9-11(2)17-15(14)18)21-10-12-7-5-4-6-8-12/h4-9H,3,10H2,1-2H3,(H,17,18). The van der Waals surface area contributed by atoms with Crippen LogP contribution in [-0.4, -0.2) is 17.6 Å². The minimum absolute atomic E-state index is 0.0987. The van der Waals surface area contributed by atoms with Crippen molar-refractivity contribution in [2.24, 2.45) is 0 Å². The average Bonchev–Trinajstić information content (AvgIpc) is 2.45. The van der Waals surface area contributed by atoms with Gasteiger partial charge in [-0.1, -0.05) is 30.3 Å². The van der Waals surface area contributed by atoms with Crippen LogP contribution >= 0.6 is 0 Å². The van der Waals surface area contributed by atoms with Gasteiger partial charge < -0.3 is 14.5 Å². The number of hydrogen-bond donors (Lipinski definition) is 1. The molecule has 0 fully saturated rings. The summed E-state index contributed by atoms with van der Waals surface area (Å²) in [6.45, 7) is 3.89. The van der Waals surface area contributed by atoms with E-state index in [0.29, 0.717) is 5.69 Å². The number of aromatic amines is 1. The summed E-state index contributed by atoms with van der Waals surface area (Å²) in [5.41, 5.74) is 0.969. The van der Waals surface area contributed by atoms with E-state index in [2.05, 4.69) is 4.98 Å². The van der Waals surface area contributed by atoms with Gasteiger partial charge in [0.2, 0.25) is 0 Å². The molecule has 0 spiro atoms. The number of hydrogen-bond acceptors (Lipinski definition) is 4. The monoisotopic (exact) mass is 287 g/mol. The van der Waals surface area contributed by atoms with E-state index < -0.39 is 11.5 Å². The smallest absolute Gasteiger partial charge is 0.347 e. The molecule has 1 aromatic heterocycles. The van der Waals surface area contributed by atoms with Crippen LogP contribution in [0.4, 0.5) is 0 Å². The molecule has 1 heterocycles. The molecule has 0 radical (unpaired) electrons. The van der Waals surface area contributed by atoms with Crippen LogP contribution in [0.25, 0.3) is 0 Å². The molecule has 21 heavy (non-hydrogen) atoms. The molecule has 0 aliphatic heterocycles.